The Morgan fingerprint density at radius 2 is 1.57 bits per heavy atom. The Kier molecular flexibility index (Phi) is 10.9. The molecule has 4 aromatic carbocycles. The summed E-state index contributed by atoms with van der Waals surface area (Å²) >= 11 is 12.6. The number of nitrogens with zero attached hydrogens (tertiary/aromatic N) is 2. The topological polar surface area (TPSA) is 96.0 Å². The lowest BCUT2D eigenvalue weighted by atomic mass is 10.0. The van der Waals surface area contributed by atoms with Crippen molar-refractivity contribution < 1.29 is 22.7 Å². The second kappa shape index (κ2) is 14.6. The number of rotatable bonds is 12. The van der Waals surface area contributed by atoms with Crippen molar-refractivity contribution >= 4 is 50.7 Å². The third-order valence-corrected chi connectivity index (χ3v) is 9.48. The molecule has 4 aromatic rings. The van der Waals surface area contributed by atoms with Gasteiger partial charge in [-0.05, 0) is 54.4 Å². The standard InChI is InChI=1S/C33H33Cl2N3O5S/c1-23-13-17-27(18-14-23)44(41,42)38(29-11-7-8-12-31(29)43-3)22-32(39)37(21-25-15-16-26(34)20-28(25)35)30(33(40)36-2)19-24-9-5-4-6-10-24/h4-18,20,30H,19,21-22H2,1-3H3,(H,36,40). The van der Waals surface area contributed by atoms with Gasteiger partial charge in [-0.1, -0.05) is 89.4 Å². The molecule has 0 fully saturated rings. The summed E-state index contributed by atoms with van der Waals surface area (Å²) in [7, 11) is -1.36. The van der Waals surface area contributed by atoms with Crippen LogP contribution in [0.25, 0.3) is 0 Å². The molecule has 0 radical (unpaired) electrons. The van der Waals surface area contributed by atoms with E-state index in [0.717, 1.165) is 15.4 Å². The molecule has 11 heteroatoms. The van der Waals surface area contributed by atoms with E-state index in [1.165, 1.54) is 31.2 Å². The van der Waals surface area contributed by atoms with E-state index in [4.69, 9.17) is 27.9 Å². The summed E-state index contributed by atoms with van der Waals surface area (Å²) in [5.74, 6) is -0.782. The number of aryl methyl sites for hydroxylation is 1. The van der Waals surface area contributed by atoms with E-state index >= 15 is 0 Å². The van der Waals surface area contributed by atoms with Gasteiger partial charge in [0.25, 0.3) is 10.0 Å². The van der Waals surface area contributed by atoms with Crippen molar-refractivity contribution in [2.75, 3.05) is 25.0 Å². The van der Waals surface area contributed by atoms with Gasteiger partial charge in [0, 0.05) is 30.1 Å². The molecule has 0 saturated carbocycles. The first-order valence-electron chi connectivity index (χ1n) is 13.8. The van der Waals surface area contributed by atoms with Gasteiger partial charge in [-0.15, -0.1) is 0 Å². The van der Waals surface area contributed by atoms with Crippen LogP contribution in [0.1, 0.15) is 16.7 Å². The first-order valence-corrected chi connectivity index (χ1v) is 16.0. The Bertz CT molecular complexity index is 1720. The average Bonchev–Trinajstić information content (AvgIpc) is 3.02. The van der Waals surface area contributed by atoms with Crippen molar-refractivity contribution in [3.8, 4) is 5.75 Å². The maximum absolute atomic E-state index is 14.4. The lowest BCUT2D eigenvalue weighted by Crippen LogP contribution is -2.53. The third kappa shape index (κ3) is 7.72. The molecule has 0 aliphatic rings. The molecule has 4 rings (SSSR count). The van der Waals surface area contributed by atoms with E-state index in [2.05, 4.69) is 5.32 Å². The molecule has 0 aromatic heterocycles. The Morgan fingerprint density at radius 1 is 0.909 bits per heavy atom. The smallest absolute Gasteiger partial charge is 0.264 e. The number of carbonyl (C=O) groups excluding carboxylic acids is 2. The summed E-state index contributed by atoms with van der Waals surface area (Å²) in [6, 6.07) is 26.0. The molecule has 0 bridgehead atoms. The van der Waals surface area contributed by atoms with E-state index in [1.807, 2.05) is 37.3 Å². The van der Waals surface area contributed by atoms with Crippen LogP contribution in [-0.2, 0) is 32.6 Å². The fourth-order valence-corrected chi connectivity index (χ4v) is 6.63. The largest absolute Gasteiger partial charge is 0.495 e. The van der Waals surface area contributed by atoms with Gasteiger partial charge in [0.1, 0.15) is 18.3 Å². The predicted octanol–water partition coefficient (Wildman–Crippen LogP) is 5.89. The third-order valence-electron chi connectivity index (χ3n) is 7.12. The predicted molar refractivity (Wildman–Crippen MR) is 174 cm³/mol. The fourth-order valence-electron chi connectivity index (χ4n) is 4.74. The first-order chi connectivity index (χ1) is 21.0. The van der Waals surface area contributed by atoms with Crippen LogP contribution in [0, 0.1) is 6.92 Å². The number of anilines is 1. The minimum atomic E-state index is -4.27. The van der Waals surface area contributed by atoms with E-state index < -0.39 is 34.4 Å². The number of benzene rings is 4. The number of halogens is 2. The van der Waals surface area contributed by atoms with E-state index in [-0.39, 0.29) is 29.3 Å². The lowest BCUT2D eigenvalue weighted by molar-refractivity contribution is -0.139. The van der Waals surface area contributed by atoms with Gasteiger partial charge in [0.2, 0.25) is 11.8 Å². The summed E-state index contributed by atoms with van der Waals surface area (Å²) in [6.07, 6.45) is 0.177. The maximum atomic E-state index is 14.4. The van der Waals surface area contributed by atoms with Crippen molar-refractivity contribution in [2.45, 2.75) is 30.8 Å². The van der Waals surface area contributed by atoms with Crippen LogP contribution in [0.2, 0.25) is 10.0 Å². The van der Waals surface area contributed by atoms with Crippen molar-refractivity contribution in [3.05, 3.63) is 124 Å². The molecular weight excluding hydrogens is 621 g/mol. The zero-order valence-electron chi connectivity index (χ0n) is 24.5. The highest BCUT2D eigenvalue weighted by atomic mass is 35.5. The Balaban J connectivity index is 1.83. The number of nitrogens with one attached hydrogen (secondary N) is 1. The van der Waals surface area contributed by atoms with Gasteiger partial charge in [-0.25, -0.2) is 8.42 Å². The quantitative estimate of drug-likeness (QED) is 0.206. The molecule has 8 nitrogen and oxygen atoms in total. The molecule has 230 valence electrons. The minimum Gasteiger partial charge on any atom is -0.495 e. The molecular formula is C33H33Cl2N3O5S. The van der Waals surface area contributed by atoms with Gasteiger partial charge in [-0.2, -0.15) is 0 Å². The lowest BCUT2D eigenvalue weighted by Gasteiger charge is -2.34. The summed E-state index contributed by atoms with van der Waals surface area (Å²) in [5.41, 5.74) is 2.41. The fraction of sp³-hybridized carbons (Fsp3) is 0.212. The average molecular weight is 655 g/mol. The van der Waals surface area contributed by atoms with Crippen molar-refractivity contribution in [1.82, 2.24) is 10.2 Å². The molecule has 44 heavy (non-hydrogen) atoms. The van der Waals surface area contributed by atoms with Crippen LogP contribution in [0.5, 0.6) is 5.75 Å². The molecule has 0 spiro atoms. The highest BCUT2D eigenvalue weighted by Gasteiger charge is 2.35. The number of ether oxygens (including phenoxy) is 1. The second-order valence-corrected chi connectivity index (χ2v) is 12.8. The van der Waals surface area contributed by atoms with Crippen molar-refractivity contribution in [3.63, 3.8) is 0 Å². The summed E-state index contributed by atoms with van der Waals surface area (Å²) < 4.78 is 34.8. The van der Waals surface area contributed by atoms with Gasteiger partial charge >= 0.3 is 0 Å². The normalized spacial score (nSPS) is 11.8. The number of hydrogen-bond donors (Lipinski definition) is 1. The van der Waals surface area contributed by atoms with Crippen LogP contribution < -0.4 is 14.4 Å². The molecule has 1 atom stereocenters. The monoisotopic (exact) mass is 653 g/mol. The van der Waals surface area contributed by atoms with Crippen LogP contribution in [-0.4, -0.2) is 51.9 Å². The molecule has 0 saturated heterocycles. The molecule has 0 heterocycles. The van der Waals surface area contributed by atoms with Crippen LogP contribution in [0.3, 0.4) is 0 Å². The zero-order valence-corrected chi connectivity index (χ0v) is 26.9. The Hall–Kier alpha value is -4.05. The minimum absolute atomic E-state index is 0.00115. The first kappa shape index (κ1) is 32.9. The number of likely N-dealkylation sites (N-methyl/N-ethyl adjacent to an activating group) is 1. The highest BCUT2D eigenvalue weighted by Crippen LogP contribution is 2.33. The zero-order chi connectivity index (χ0) is 31.9. The van der Waals surface area contributed by atoms with E-state index in [1.54, 1.807) is 54.6 Å². The summed E-state index contributed by atoms with van der Waals surface area (Å²) in [4.78, 5) is 29.2. The molecule has 1 N–H and O–H groups in total. The van der Waals surface area contributed by atoms with Crippen LogP contribution in [0.4, 0.5) is 5.69 Å². The number of carbonyl (C=O) groups is 2. The number of hydrogen-bond acceptors (Lipinski definition) is 5. The van der Waals surface area contributed by atoms with Crippen LogP contribution in [0.15, 0.2) is 102 Å². The van der Waals surface area contributed by atoms with Gasteiger partial charge in [0.05, 0.1) is 17.7 Å². The maximum Gasteiger partial charge on any atom is 0.264 e. The van der Waals surface area contributed by atoms with Crippen molar-refractivity contribution in [1.29, 1.82) is 0 Å². The molecule has 0 aliphatic heterocycles. The second-order valence-electron chi connectivity index (χ2n) is 10.1. The number of methoxy groups -OCH3 is 1. The molecule has 0 aliphatic carbocycles. The Morgan fingerprint density at radius 3 is 2.20 bits per heavy atom. The van der Waals surface area contributed by atoms with E-state index in [0.29, 0.717) is 15.6 Å². The van der Waals surface area contributed by atoms with Gasteiger partial charge < -0.3 is 15.0 Å². The Labute approximate surface area is 268 Å². The highest BCUT2D eigenvalue weighted by molar-refractivity contribution is 7.92. The van der Waals surface area contributed by atoms with Crippen molar-refractivity contribution in [2.24, 2.45) is 0 Å². The molecule has 1 unspecified atom stereocenters. The number of amides is 2. The van der Waals surface area contributed by atoms with Crippen LogP contribution >= 0.6 is 23.2 Å². The molecule has 2 amide bonds. The summed E-state index contributed by atoms with van der Waals surface area (Å²) in [6.45, 7) is 1.15. The van der Waals surface area contributed by atoms with Gasteiger partial charge in [-0.3, -0.25) is 13.9 Å². The summed E-state index contributed by atoms with van der Waals surface area (Å²) in [5, 5.41) is 3.37. The van der Waals surface area contributed by atoms with E-state index in [9.17, 15) is 18.0 Å². The van der Waals surface area contributed by atoms with Gasteiger partial charge in [0.15, 0.2) is 0 Å². The SMILES string of the molecule is CNC(=O)C(Cc1ccccc1)N(Cc1ccc(Cl)cc1Cl)C(=O)CN(c1ccccc1OC)S(=O)(=O)c1ccc(C)cc1. The number of para-hydroxylation sites is 2. The number of sulfonamides is 1.